The van der Waals surface area contributed by atoms with E-state index in [1.807, 2.05) is 30.3 Å². The number of nitrogens with one attached hydrogen (secondary N) is 1. The normalized spacial score (nSPS) is 14.6. The summed E-state index contributed by atoms with van der Waals surface area (Å²) in [6.07, 6.45) is 1.46. The van der Waals surface area contributed by atoms with Gasteiger partial charge in [-0.3, -0.25) is 4.79 Å². The molecule has 0 saturated carbocycles. The van der Waals surface area contributed by atoms with Crippen molar-refractivity contribution in [2.24, 2.45) is 5.92 Å². The van der Waals surface area contributed by atoms with Crippen molar-refractivity contribution < 1.29 is 9.53 Å². The molecule has 134 valence electrons. The van der Waals surface area contributed by atoms with Crippen LogP contribution in [-0.4, -0.2) is 26.1 Å². The molecule has 0 atom stereocenters. The molecule has 0 radical (unpaired) electrons. The van der Waals surface area contributed by atoms with Gasteiger partial charge in [0, 0.05) is 24.0 Å². The van der Waals surface area contributed by atoms with Gasteiger partial charge >= 0.3 is 0 Å². The number of carbonyl (C=O) groups is 1. The van der Waals surface area contributed by atoms with E-state index in [4.69, 9.17) is 16.3 Å². The molecule has 1 heterocycles. The third-order valence-corrected chi connectivity index (χ3v) is 4.89. The van der Waals surface area contributed by atoms with Gasteiger partial charge in [0.1, 0.15) is 11.8 Å². The van der Waals surface area contributed by atoms with Gasteiger partial charge in [-0.1, -0.05) is 23.7 Å². The number of benzene rings is 2. The first kappa shape index (κ1) is 18.1. The van der Waals surface area contributed by atoms with Crippen LogP contribution in [0.4, 0.5) is 11.4 Å². The van der Waals surface area contributed by atoms with Gasteiger partial charge in [0.05, 0.1) is 24.0 Å². The summed E-state index contributed by atoms with van der Waals surface area (Å²) in [5, 5.41) is 12.8. The number of piperidine rings is 1. The number of amides is 1. The Morgan fingerprint density at radius 2 is 2.00 bits per heavy atom. The molecule has 1 saturated heterocycles. The van der Waals surface area contributed by atoms with Crippen LogP contribution in [0.3, 0.4) is 0 Å². The van der Waals surface area contributed by atoms with Crippen molar-refractivity contribution in [3.05, 3.63) is 53.1 Å². The van der Waals surface area contributed by atoms with Gasteiger partial charge in [-0.05, 0) is 43.2 Å². The zero-order valence-electron chi connectivity index (χ0n) is 14.5. The first-order valence-corrected chi connectivity index (χ1v) is 8.88. The van der Waals surface area contributed by atoms with E-state index in [0.717, 1.165) is 31.6 Å². The third-order valence-electron chi connectivity index (χ3n) is 4.65. The van der Waals surface area contributed by atoms with Gasteiger partial charge in [0.2, 0.25) is 5.91 Å². The summed E-state index contributed by atoms with van der Waals surface area (Å²) in [6, 6.07) is 14.9. The second kappa shape index (κ2) is 8.11. The zero-order chi connectivity index (χ0) is 18.5. The SMILES string of the molecule is COc1ccccc1NC(=O)C1CCN(c2ccc(Cl)cc2C#N)CC1. The summed E-state index contributed by atoms with van der Waals surface area (Å²) in [6.45, 7) is 1.45. The Morgan fingerprint density at radius 3 is 2.69 bits per heavy atom. The number of anilines is 2. The Kier molecular flexibility index (Phi) is 5.65. The lowest BCUT2D eigenvalue weighted by Crippen LogP contribution is -2.38. The number of carbonyl (C=O) groups excluding carboxylic acids is 1. The van der Waals surface area contributed by atoms with E-state index in [9.17, 15) is 10.1 Å². The van der Waals surface area contributed by atoms with Crippen molar-refractivity contribution in [3.63, 3.8) is 0 Å². The summed E-state index contributed by atoms with van der Waals surface area (Å²) in [5.41, 5.74) is 2.13. The zero-order valence-corrected chi connectivity index (χ0v) is 15.3. The van der Waals surface area contributed by atoms with Crippen LogP contribution in [0.1, 0.15) is 18.4 Å². The van der Waals surface area contributed by atoms with E-state index in [-0.39, 0.29) is 11.8 Å². The average molecular weight is 370 g/mol. The van der Waals surface area contributed by atoms with E-state index >= 15 is 0 Å². The van der Waals surface area contributed by atoms with Gasteiger partial charge in [-0.25, -0.2) is 0 Å². The van der Waals surface area contributed by atoms with E-state index < -0.39 is 0 Å². The summed E-state index contributed by atoms with van der Waals surface area (Å²) in [4.78, 5) is 14.7. The average Bonchev–Trinajstić information content (AvgIpc) is 2.68. The van der Waals surface area contributed by atoms with E-state index in [1.54, 1.807) is 19.2 Å². The standard InChI is InChI=1S/C20H20ClN3O2/c1-26-19-5-3-2-4-17(19)23-20(25)14-8-10-24(11-9-14)18-7-6-16(21)12-15(18)13-22/h2-7,12,14H,8-11H2,1H3,(H,23,25). The summed E-state index contributed by atoms with van der Waals surface area (Å²) >= 11 is 5.97. The fourth-order valence-corrected chi connectivity index (χ4v) is 3.41. The highest BCUT2D eigenvalue weighted by atomic mass is 35.5. The maximum atomic E-state index is 12.6. The summed E-state index contributed by atoms with van der Waals surface area (Å²) < 4.78 is 5.28. The van der Waals surface area contributed by atoms with Crippen LogP contribution in [0, 0.1) is 17.2 Å². The molecule has 0 spiro atoms. The molecule has 0 bridgehead atoms. The van der Waals surface area contributed by atoms with Gasteiger partial charge < -0.3 is 15.0 Å². The van der Waals surface area contributed by atoms with Crippen LogP contribution in [0.2, 0.25) is 5.02 Å². The van der Waals surface area contributed by atoms with Gasteiger partial charge in [-0.15, -0.1) is 0 Å². The van der Waals surface area contributed by atoms with Gasteiger partial charge in [0.15, 0.2) is 0 Å². The molecular formula is C20H20ClN3O2. The van der Waals surface area contributed by atoms with Crippen molar-refractivity contribution in [1.82, 2.24) is 0 Å². The fraction of sp³-hybridized carbons (Fsp3) is 0.300. The minimum atomic E-state index is -0.0611. The lowest BCUT2D eigenvalue weighted by Gasteiger charge is -2.33. The Morgan fingerprint density at radius 1 is 1.27 bits per heavy atom. The number of nitriles is 1. The van der Waals surface area contributed by atoms with Crippen LogP contribution in [-0.2, 0) is 4.79 Å². The fourth-order valence-electron chi connectivity index (χ4n) is 3.24. The van der Waals surface area contributed by atoms with Crippen LogP contribution in [0.25, 0.3) is 0 Å². The molecule has 0 aromatic heterocycles. The minimum absolute atomic E-state index is 0.00534. The topological polar surface area (TPSA) is 65.4 Å². The monoisotopic (exact) mass is 369 g/mol. The quantitative estimate of drug-likeness (QED) is 0.882. The molecule has 6 heteroatoms. The third kappa shape index (κ3) is 3.92. The van der Waals surface area contributed by atoms with Crippen molar-refractivity contribution in [2.75, 3.05) is 30.4 Å². The molecule has 5 nitrogen and oxygen atoms in total. The minimum Gasteiger partial charge on any atom is -0.495 e. The van der Waals surface area contributed by atoms with Crippen molar-refractivity contribution in [3.8, 4) is 11.8 Å². The maximum absolute atomic E-state index is 12.6. The number of ether oxygens (including phenoxy) is 1. The number of para-hydroxylation sites is 2. The molecule has 1 aliphatic rings. The van der Waals surface area contributed by atoms with E-state index in [1.165, 1.54) is 0 Å². The van der Waals surface area contributed by atoms with E-state index in [0.29, 0.717) is 22.0 Å². The molecule has 1 aliphatic heterocycles. The smallest absolute Gasteiger partial charge is 0.227 e. The molecule has 0 aliphatic carbocycles. The molecule has 26 heavy (non-hydrogen) atoms. The van der Waals surface area contributed by atoms with E-state index in [2.05, 4.69) is 16.3 Å². The molecule has 1 amide bonds. The molecule has 2 aromatic rings. The van der Waals surface area contributed by atoms with Crippen molar-refractivity contribution in [2.45, 2.75) is 12.8 Å². The lowest BCUT2D eigenvalue weighted by molar-refractivity contribution is -0.120. The van der Waals surface area contributed by atoms with Crippen molar-refractivity contribution in [1.29, 1.82) is 5.26 Å². The lowest BCUT2D eigenvalue weighted by atomic mass is 9.95. The molecule has 1 fully saturated rings. The molecule has 3 rings (SSSR count). The Bertz CT molecular complexity index is 839. The number of nitrogens with zero attached hydrogens (tertiary/aromatic N) is 2. The molecular weight excluding hydrogens is 350 g/mol. The predicted octanol–water partition coefficient (Wildman–Crippen LogP) is 4.08. The second-order valence-corrected chi connectivity index (χ2v) is 6.66. The molecule has 0 unspecified atom stereocenters. The molecule has 2 aromatic carbocycles. The van der Waals surface area contributed by atoms with Crippen LogP contribution < -0.4 is 15.0 Å². The Labute approximate surface area is 158 Å². The van der Waals surface area contributed by atoms with Gasteiger partial charge in [0.25, 0.3) is 0 Å². The number of hydrogen-bond donors (Lipinski definition) is 1. The Hall–Kier alpha value is -2.71. The van der Waals surface area contributed by atoms with Crippen molar-refractivity contribution >= 4 is 28.9 Å². The van der Waals surface area contributed by atoms with Crippen LogP contribution in [0.5, 0.6) is 5.75 Å². The summed E-state index contributed by atoms with van der Waals surface area (Å²) in [7, 11) is 1.59. The first-order chi connectivity index (χ1) is 12.6. The number of halogens is 1. The Balaban J connectivity index is 1.63. The highest BCUT2D eigenvalue weighted by Crippen LogP contribution is 2.30. The highest BCUT2D eigenvalue weighted by Gasteiger charge is 2.26. The predicted molar refractivity (Wildman–Crippen MR) is 103 cm³/mol. The summed E-state index contributed by atoms with van der Waals surface area (Å²) in [5.74, 6) is 0.595. The first-order valence-electron chi connectivity index (χ1n) is 8.51. The van der Waals surface area contributed by atoms with Crippen LogP contribution in [0.15, 0.2) is 42.5 Å². The highest BCUT2D eigenvalue weighted by molar-refractivity contribution is 6.30. The number of rotatable bonds is 4. The maximum Gasteiger partial charge on any atom is 0.227 e. The number of methoxy groups -OCH3 is 1. The van der Waals surface area contributed by atoms with Crippen LogP contribution >= 0.6 is 11.6 Å². The number of hydrogen-bond acceptors (Lipinski definition) is 4. The molecule has 1 N–H and O–H groups in total. The second-order valence-electron chi connectivity index (χ2n) is 6.22. The van der Waals surface area contributed by atoms with Gasteiger partial charge in [-0.2, -0.15) is 5.26 Å². The largest absolute Gasteiger partial charge is 0.495 e.